The maximum atomic E-state index is 15.5. The molecule has 0 aliphatic carbocycles. The van der Waals surface area contributed by atoms with Gasteiger partial charge in [0, 0.05) is 48.5 Å². The van der Waals surface area contributed by atoms with Crippen molar-refractivity contribution < 1.29 is 52.4 Å². The number of benzene rings is 2. The fraction of sp³-hybridized carbons (Fsp3) is 0.438. The van der Waals surface area contributed by atoms with E-state index in [1.807, 2.05) is 12.1 Å². The number of Topliss-reactive ketones (excluding diaryl/α,β-unsaturated/α-hetero) is 1. The molecule has 0 saturated carbocycles. The van der Waals surface area contributed by atoms with E-state index >= 15 is 4.39 Å². The number of rotatable bonds is 15. The number of hydrogen-bond acceptors (Lipinski definition) is 10. The van der Waals surface area contributed by atoms with E-state index in [0.29, 0.717) is 35.7 Å². The minimum Gasteiger partial charge on any atom is -0.493 e. The van der Waals surface area contributed by atoms with Crippen molar-refractivity contribution in [3.05, 3.63) is 46.1 Å². The first-order chi connectivity index (χ1) is 21.5. The number of esters is 1. The summed E-state index contributed by atoms with van der Waals surface area (Å²) in [5.41, 5.74) is 1.83. The second-order valence-corrected chi connectivity index (χ2v) is 11.9. The molecule has 0 radical (unpaired) electrons. The number of methoxy groups -OCH3 is 3. The number of aliphatic carboxylic acids is 1. The van der Waals surface area contributed by atoms with E-state index in [9.17, 15) is 19.2 Å². The molecule has 3 aromatic rings. The molecule has 0 fully saturated rings. The quantitative estimate of drug-likeness (QED) is 0.133. The van der Waals surface area contributed by atoms with Gasteiger partial charge in [-0.25, -0.2) is 4.39 Å². The maximum Gasteiger partial charge on any atom is 0.308 e. The summed E-state index contributed by atoms with van der Waals surface area (Å²) in [6, 6.07) is 6.66. The van der Waals surface area contributed by atoms with Crippen molar-refractivity contribution in [3.8, 4) is 23.0 Å². The van der Waals surface area contributed by atoms with Gasteiger partial charge < -0.3 is 33.7 Å². The highest BCUT2D eigenvalue weighted by molar-refractivity contribution is 7.20. The maximum absolute atomic E-state index is 15.5. The Balaban J connectivity index is 1.36. The predicted molar refractivity (Wildman–Crippen MR) is 163 cm³/mol. The molecule has 11 nitrogen and oxygen atoms in total. The van der Waals surface area contributed by atoms with Crippen molar-refractivity contribution in [2.24, 2.45) is 11.8 Å². The van der Waals surface area contributed by atoms with E-state index in [1.165, 1.54) is 34.3 Å². The Labute approximate surface area is 263 Å². The average molecular weight is 646 g/mol. The van der Waals surface area contributed by atoms with Crippen LogP contribution in [0.2, 0.25) is 0 Å². The summed E-state index contributed by atoms with van der Waals surface area (Å²) < 4.78 is 43.3. The van der Waals surface area contributed by atoms with Gasteiger partial charge in [0.25, 0.3) is 0 Å². The first kappa shape index (κ1) is 33.5. The number of hydrogen-bond donors (Lipinski definition) is 1. The van der Waals surface area contributed by atoms with Crippen LogP contribution < -0.4 is 18.9 Å². The van der Waals surface area contributed by atoms with Crippen LogP contribution >= 0.6 is 11.3 Å². The van der Waals surface area contributed by atoms with Crippen molar-refractivity contribution in [3.63, 3.8) is 0 Å². The van der Waals surface area contributed by atoms with Crippen LogP contribution in [0.3, 0.4) is 0 Å². The summed E-state index contributed by atoms with van der Waals surface area (Å²) in [7, 11) is 4.21. The number of thiophene rings is 1. The minimum absolute atomic E-state index is 0.0528. The van der Waals surface area contributed by atoms with Crippen molar-refractivity contribution in [1.82, 2.24) is 4.90 Å². The number of amides is 1. The van der Waals surface area contributed by atoms with E-state index in [-0.39, 0.29) is 59.5 Å². The Morgan fingerprint density at radius 1 is 0.889 bits per heavy atom. The molecule has 1 amide bonds. The standard InChI is InChI=1S/C32H36FNO10S/c1-17(31(37)38)9-22(35)27-13-21-26(45-27)14-25(41-4)30(29(21)33)44-8-6-7-43-24-12-20-16-34(15-19(20)11-23(24)40-3)28(36)10-18(2)32(39)42-5/h11-14,17-18H,6-10,15-16H2,1-5H3,(H,37,38)/t17-,18-/m0/s1. The number of ketones is 1. The molecule has 1 N–H and O–H groups in total. The molecule has 242 valence electrons. The molecular formula is C32H36FNO10S. The van der Waals surface area contributed by atoms with Crippen molar-refractivity contribution >= 4 is 45.1 Å². The molecule has 1 aromatic heterocycles. The van der Waals surface area contributed by atoms with E-state index in [2.05, 4.69) is 0 Å². The Morgan fingerprint density at radius 3 is 2.16 bits per heavy atom. The molecule has 13 heteroatoms. The molecule has 2 aromatic carbocycles. The lowest BCUT2D eigenvalue weighted by Crippen LogP contribution is -2.29. The second kappa shape index (κ2) is 14.6. The van der Waals surface area contributed by atoms with Crippen molar-refractivity contribution in [2.75, 3.05) is 34.5 Å². The van der Waals surface area contributed by atoms with Gasteiger partial charge in [-0.3, -0.25) is 19.2 Å². The van der Waals surface area contributed by atoms with Crippen LogP contribution in [0.5, 0.6) is 23.0 Å². The largest absolute Gasteiger partial charge is 0.493 e. The Kier molecular flexibility index (Phi) is 10.9. The molecule has 0 unspecified atom stereocenters. The number of ether oxygens (including phenoxy) is 5. The van der Waals surface area contributed by atoms with Gasteiger partial charge in [0.15, 0.2) is 34.6 Å². The minimum atomic E-state index is -1.08. The predicted octanol–water partition coefficient (Wildman–Crippen LogP) is 5.24. The number of carboxylic acids is 1. The molecule has 1 aliphatic heterocycles. The smallest absolute Gasteiger partial charge is 0.308 e. The number of carboxylic acid groups (broad SMARTS) is 1. The lowest BCUT2D eigenvalue weighted by Gasteiger charge is -2.17. The summed E-state index contributed by atoms with van der Waals surface area (Å²) in [6.07, 6.45) is 0.251. The molecule has 2 heterocycles. The van der Waals surface area contributed by atoms with Crippen LogP contribution in [0.4, 0.5) is 4.39 Å². The van der Waals surface area contributed by atoms with Gasteiger partial charge in [0.1, 0.15) is 0 Å². The number of fused-ring (bicyclic) bond motifs is 2. The molecule has 1 aliphatic rings. The SMILES string of the molecule is COC(=O)[C@@H](C)CC(=O)N1Cc2cc(OC)c(OCCCOc3c(OC)cc4sc(C(=O)C[C@H](C)C(=O)O)cc4c3F)cc2C1. The van der Waals surface area contributed by atoms with E-state index in [0.717, 1.165) is 22.5 Å². The Morgan fingerprint density at radius 2 is 1.53 bits per heavy atom. The van der Waals surface area contributed by atoms with Crippen LogP contribution in [0, 0.1) is 17.7 Å². The normalized spacial score (nSPS) is 13.6. The summed E-state index contributed by atoms with van der Waals surface area (Å²) in [5.74, 6) is -3.03. The van der Waals surface area contributed by atoms with Gasteiger partial charge in [-0.05, 0) is 29.3 Å². The van der Waals surface area contributed by atoms with E-state index < -0.39 is 29.6 Å². The third-order valence-corrected chi connectivity index (χ3v) is 8.65. The molecule has 0 spiro atoms. The number of nitrogens with zero attached hydrogens (tertiary/aromatic N) is 1. The van der Waals surface area contributed by atoms with Crippen LogP contribution in [0.25, 0.3) is 10.1 Å². The highest BCUT2D eigenvalue weighted by Crippen LogP contribution is 2.41. The van der Waals surface area contributed by atoms with Gasteiger partial charge in [0.05, 0.1) is 51.3 Å². The van der Waals surface area contributed by atoms with Crippen LogP contribution in [0.1, 0.15) is 53.9 Å². The lowest BCUT2D eigenvalue weighted by atomic mass is 10.0. The molecule has 4 rings (SSSR count). The van der Waals surface area contributed by atoms with Gasteiger partial charge >= 0.3 is 11.9 Å². The first-order valence-electron chi connectivity index (χ1n) is 14.3. The fourth-order valence-electron chi connectivity index (χ4n) is 4.93. The first-order valence-corrected chi connectivity index (χ1v) is 15.2. The van der Waals surface area contributed by atoms with Gasteiger partial charge in [-0.2, -0.15) is 0 Å². The summed E-state index contributed by atoms with van der Waals surface area (Å²) in [4.78, 5) is 50.1. The zero-order valence-corrected chi connectivity index (χ0v) is 26.6. The van der Waals surface area contributed by atoms with Gasteiger partial charge in [-0.15, -0.1) is 11.3 Å². The monoisotopic (exact) mass is 645 g/mol. The number of carbonyl (C=O) groups is 4. The average Bonchev–Trinajstić information content (AvgIpc) is 3.65. The highest BCUT2D eigenvalue weighted by Gasteiger charge is 2.28. The molecule has 2 atom stereocenters. The number of carbonyl (C=O) groups excluding carboxylic acids is 3. The zero-order chi connectivity index (χ0) is 32.8. The molecule has 45 heavy (non-hydrogen) atoms. The number of halogens is 1. The Hall–Kier alpha value is -4.39. The third-order valence-electron chi connectivity index (χ3n) is 7.53. The lowest BCUT2D eigenvalue weighted by molar-refractivity contribution is -0.148. The molecule has 0 bridgehead atoms. The molecule has 0 saturated heterocycles. The summed E-state index contributed by atoms with van der Waals surface area (Å²) in [5, 5.41) is 9.29. The van der Waals surface area contributed by atoms with Crippen LogP contribution in [-0.4, -0.2) is 68.2 Å². The van der Waals surface area contributed by atoms with Crippen molar-refractivity contribution in [2.45, 2.75) is 46.2 Å². The summed E-state index contributed by atoms with van der Waals surface area (Å²) in [6.45, 7) is 4.19. The molecular weight excluding hydrogens is 609 g/mol. The van der Waals surface area contributed by atoms with E-state index in [1.54, 1.807) is 17.9 Å². The topological polar surface area (TPSA) is 138 Å². The van der Waals surface area contributed by atoms with Crippen molar-refractivity contribution in [1.29, 1.82) is 0 Å². The Bertz CT molecular complexity index is 1600. The van der Waals surface area contributed by atoms with Crippen LogP contribution in [0.15, 0.2) is 24.3 Å². The fourth-order valence-corrected chi connectivity index (χ4v) is 5.97. The van der Waals surface area contributed by atoms with Gasteiger partial charge in [-0.1, -0.05) is 13.8 Å². The second-order valence-electron chi connectivity index (χ2n) is 10.8. The van der Waals surface area contributed by atoms with Gasteiger partial charge in [0.2, 0.25) is 5.91 Å². The third kappa shape index (κ3) is 7.64. The van der Waals surface area contributed by atoms with Crippen LogP contribution in [-0.2, 0) is 32.2 Å². The summed E-state index contributed by atoms with van der Waals surface area (Å²) >= 11 is 1.07. The highest BCUT2D eigenvalue weighted by atomic mass is 32.1. The van der Waals surface area contributed by atoms with E-state index in [4.69, 9.17) is 28.8 Å². The zero-order valence-electron chi connectivity index (χ0n) is 25.8.